The van der Waals surface area contributed by atoms with Crippen molar-refractivity contribution in [2.24, 2.45) is 0 Å². The molecule has 0 saturated carbocycles. The van der Waals surface area contributed by atoms with Crippen molar-refractivity contribution >= 4 is 11.9 Å². The topological polar surface area (TPSA) is 82.2 Å². The summed E-state index contributed by atoms with van der Waals surface area (Å²) in [6, 6.07) is 15.9. The van der Waals surface area contributed by atoms with E-state index in [0.29, 0.717) is 11.3 Å². The maximum absolute atomic E-state index is 13.8. The first kappa shape index (κ1) is 20.0. The van der Waals surface area contributed by atoms with Gasteiger partial charge in [-0.15, -0.1) is 5.10 Å². The third kappa shape index (κ3) is 4.39. The molecular formula is C24H21FN4O3. The number of carbonyl (C=O) groups is 1. The third-order valence-electron chi connectivity index (χ3n) is 5.39. The molecule has 8 heteroatoms. The van der Waals surface area contributed by atoms with Gasteiger partial charge in [0.1, 0.15) is 30.3 Å². The van der Waals surface area contributed by atoms with Gasteiger partial charge in [-0.1, -0.05) is 24.3 Å². The highest BCUT2D eigenvalue weighted by atomic mass is 19.1. The van der Waals surface area contributed by atoms with Crippen LogP contribution >= 0.6 is 0 Å². The normalized spacial score (nSPS) is 12.5. The minimum atomic E-state index is -0.475. The summed E-state index contributed by atoms with van der Waals surface area (Å²) >= 11 is 0. The average molecular weight is 432 g/mol. The Hall–Kier alpha value is -3.94. The summed E-state index contributed by atoms with van der Waals surface area (Å²) in [4.78, 5) is 16.5. The van der Waals surface area contributed by atoms with Crippen LogP contribution in [0.2, 0.25) is 0 Å². The van der Waals surface area contributed by atoms with Crippen LogP contribution in [0.3, 0.4) is 0 Å². The zero-order valence-corrected chi connectivity index (χ0v) is 17.3. The third-order valence-corrected chi connectivity index (χ3v) is 5.39. The zero-order chi connectivity index (χ0) is 21.9. The van der Waals surface area contributed by atoms with E-state index in [0.717, 1.165) is 18.6 Å². The van der Waals surface area contributed by atoms with Crippen LogP contribution in [0.5, 0.6) is 5.75 Å². The molecule has 0 fully saturated rings. The summed E-state index contributed by atoms with van der Waals surface area (Å²) in [7, 11) is 0. The van der Waals surface area contributed by atoms with E-state index in [2.05, 4.69) is 27.5 Å². The Morgan fingerprint density at radius 3 is 2.91 bits per heavy atom. The molecule has 32 heavy (non-hydrogen) atoms. The van der Waals surface area contributed by atoms with E-state index in [1.54, 1.807) is 30.3 Å². The molecule has 1 N–H and O–H groups in total. The van der Waals surface area contributed by atoms with Gasteiger partial charge >= 0.3 is 0 Å². The second-order valence-corrected chi connectivity index (χ2v) is 7.65. The lowest BCUT2D eigenvalue weighted by Crippen LogP contribution is -2.12. The molecule has 5 rings (SSSR count). The fourth-order valence-corrected chi connectivity index (χ4v) is 3.76. The van der Waals surface area contributed by atoms with Gasteiger partial charge in [0.2, 0.25) is 5.95 Å². The molecule has 2 aromatic carbocycles. The maximum atomic E-state index is 13.8. The van der Waals surface area contributed by atoms with Gasteiger partial charge in [-0.25, -0.2) is 14.1 Å². The van der Waals surface area contributed by atoms with Crippen LogP contribution in [0.15, 0.2) is 65.3 Å². The molecule has 162 valence electrons. The van der Waals surface area contributed by atoms with Gasteiger partial charge in [0.15, 0.2) is 5.76 Å². The van der Waals surface area contributed by atoms with Gasteiger partial charge in [0.05, 0.1) is 6.54 Å². The number of hydrogen-bond acceptors (Lipinski definition) is 5. The van der Waals surface area contributed by atoms with Crippen molar-refractivity contribution in [3.63, 3.8) is 0 Å². The Kier molecular flexibility index (Phi) is 5.41. The van der Waals surface area contributed by atoms with Crippen LogP contribution in [-0.4, -0.2) is 20.7 Å². The van der Waals surface area contributed by atoms with Gasteiger partial charge in [0, 0.05) is 5.56 Å². The number of rotatable bonds is 7. The monoisotopic (exact) mass is 432 g/mol. The first-order valence-corrected chi connectivity index (χ1v) is 10.4. The van der Waals surface area contributed by atoms with E-state index in [1.807, 2.05) is 6.07 Å². The summed E-state index contributed by atoms with van der Waals surface area (Å²) in [6.45, 7) is 0.433. The quantitative estimate of drug-likeness (QED) is 0.469. The van der Waals surface area contributed by atoms with E-state index in [-0.39, 0.29) is 30.7 Å². The van der Waals surface area contributed by atoms with Crippen LogP contribution in [0, 0.1) is 5.82 Å². The number of nitrogens with one attached hydrogen (secondary N) is 1. The number of amides is 1. The second-order valence-electron chi connectivity index (χ2n) is 7.65. The molecule has 0 spiro atoms. The predicted octanol–water partition coefficient (Wildman–Crippen LogP) is 4.38. The number of fused-ring (bicyclic) bond motifs is 1. The number of benzene rings is 2. The highest BCUT2D eigenvalue weighted by Crippen LogP contribution is 2.26. The lowest BCUT2D eigenvalue weighted by molar-refractivity contribution is 0.0991. The van der Waals surface area contributed by atoms with Gasteiger partial charge in [-0.3, -0.25) is 10.1 Å². The summed E-state index contributed by atoms with van der Waals surface area (Å²) in [5.74, 6) is 0.768. The van der Waals surface area contributed by atoms with Crippen LogP contribution in [0.1, 0.15) is 39.4 Å². The second kappa shape index (κ2) is 8.66. The summed E-state index contributed by atoms with van der Waals surface area (Å²) in [5, 5.41) is 6.75. The van der Waals surface area contributed by atoms with Gasteiger partial charge in [-0.2, -0.15) is 0 Å². The Morgan fingerprint density at radius 1 is 1.12 bits per heavy atom. The number of furan rings is 1. The Labute approximate surface area is 183 Å². The van der Waals surface area contributed by atoms with Crippen molar-refractivity contribution in [3.05, 3.63) is 95.0 Å². The smallest absolute Gasteiger partial charge is 0.293 e. The molecule has 1 aliphatic rings. The molecular weight excluding hydrogens is 411 g/mol. The number of halogens is 1. The Balaban J connectivity index is 1.17. The SMILES string of the molecule is O=C(Nc1ncn(Cc2ccccc2F)n1)c1ccc(COc2ccc3c(c2)CCC3)o1. The van der Waals surface area contributed by atoms with E-state index in [9.17, 15) is 9.18 Å². The molecule has 4 aromatic rings. The number of aromatic nitrogens is 3. The average Bonchev–Trinajstić information content (AvgIpc) is 3.54. The molecule has 2 aromatic heterocycles. The molecule has 0 aliphatic heterocycles. The molecule has 0 saturated heterocycles. The Morgan fingerprint density at radius 2 is 2.00 bits per heavy atom. The molecule has 0 bridgehead atoms. The summed E-state index contributed by atoms with van der Waals surface area (Å²) in [6.07, 6.45) is 4.83. The summed E-state index contributed by atoms with van der Waals surface area (Å²) in [5.41, 5.74) is 3.21. The van der Waals surface area contributed by atoms with E-state index >= 15 is 0 Å². The molecule has 0 unspecified atom stereocenters. The molecule has 0 radical (unpaired) electrons. The predicted molar refractivity (Wildman–Crippen MR) is 115 cm³/mol. The molecule has 7 nitrogen and oxygen atoms in total. The molecule has 1 aliphatic carbocycles. The zero-order valence-electron chi connectivity index (χ0n) is 17.3. The van der Waals surface area contributed by atoms with Gasteiger partial charge < -0.3 is 9.15 Å². The lowest BCUT2D eigenvalue weighted by atomic mass is 10.1. The van der Waals surface area contributed by atoms with Crippen LogP contribution < -0.4 is 10.1 Å². The van der Waals surface area contributed by atoms with Crippen LogP contribution in [-0.2, 0) is 26.0 Å². The van der Waals surface area contributed by atoms with Crippen molar-refractivity contribution in [2.45, 2.75) is 32.4 Å². The van der Waals surface area contributed by atoms with Gasteiger partial charge in [-0.05, 0) is 60.7 Å². The first-order valence-electron chi connectivity index (χ1n) is 10.4. The molecule has 0 atom stereocenters. The summed E-state index contributed by atoms with van der Waals surface area (Å²) < 4.78 is 26.7. The largest absolute Gasteiger partial charge is 0.486 e. The van der Waals surface area contributed by atoms with Crippen molar-refractivity contribution in [1.82, 2.24) is 14.8 Å². The van der Waals surface area contributed by atoms with Crippen LogP contribution in [0.25, 0.3) is 0 Å². The molecule has 2 heterocycles. The van der Waals surface area contributed by atoms with Crippen molar-refractivity contribution < 1.29 is 18.3 Å². The number of carbonyl (C=O) groups excluding carboxylic acids is 1. The highest BCUT2D eigenvalue weighted by molar-refractivity contribution is 6.01. The fourth-order valence-electron chi connectivity index (χ4n) is 3.76. The minimum Gasteiger partial charge on any atom is -0.486 e. The van der Waals surface area contributed by atoms with Gasteiger partial charge in [0.25, 0.3) is 5.91 Å². The molecule has 1 amide bonds. The minimum absolute atomic E-state index is 0.110. The van der Waals surface area contributed by atoms with Crippen molar-refractivity contribution in [2.75, 3.05) is 5.32 Å². The van der Waals surface area contributed by atoms with E-state index in [1.165, 1.54) is 34.6 Å². The van der Waals surface area contributed by atoms with E-state index < -0.39 is 5.91 Å². The van der Waals surface area contributed by atoms with Crippen LogP contribution in [0.4, 0.5) is 10.3 Å². The van der Waals surface area contributed by atoms with E-state index in [4.69, 9.17) is 9.15 Å². The number of anilines is 1. The standard InChI is InChI=1S/C24H21FN4O3/c25-21-7-2-1-4-18(21)13-29-15-26-24(28-29)27-23(30)22-11-10-20(32-22)14-31-19-9-8-16-5-3-6-17(16)12-19/h1-2,4,7-12,15H,3,5-6,13-14H2,(H,27,28,30). The van der Waals surface area contributed by atoms with Crippen molar-refractivity contribution in [3.8, 4) is 5.75 Å². The lowest BCUT2D eigenvalue weighted by Gasteiger charge is -2.06. The number of hydrogen-bond donors (Lipinski definition) is 1. The first-order chi connectivity index (χ1) is 15.6. The number of nitrogens with zero attached hydrogens (tertiary/aromatic N) is 3. The van der Waals surface area contributed by atoms with Crippen molar-refractivity contribution in [1.29, 1.82) is 0 Å². The number of ether oxygens (including phenoxy) is 1. The maximum Gasteiger partial charge on any atom is 0.293 e. The number of aryl methyl sites for hydroxylation is 2. The highest BCUT2D eigenvalue weighted by Gasteiger charge is 2.15. The Bertz CT molecular complexity index is 1260. The fraction of sp³-hybridized carbons (Fsp3) is 0.208.